The topological polar surface area (TPSA) is 38.1 Å². The standard InChI is InChI=1S/C15H11ClF3N3O/c16-10-3-5-11(6-4-10)22-13(15(17,18)19)12(9-20-22)14(23)21-7-1-2-8-21/h1-6,9H,7-8H2. The molecule has 1 aliphatic rings. The van der Waals surface area contributed by atoms with Crippen molar-refractivity contribution in [3.63, 3.8) is 0 Å². The van der Waals surface area contributed by atoms with Crippen molar-refractivity contribution in [1.82, 2.24) is 14.7 Å². The molecule has 1 aromatic heterocycles. The summed E-state index contributed by atoms with van der Waals surface area (Å²) < 4.78 is 41.2. The summed E-state index contributed by atoms with van der Waals surface area (Å²) in [6, 6.07) is 5.75. The van der Waals surface area contributed by atoms with E-state index in [1.54, 1.807) is 12.2 Å². The zero-order valence-corrected chi connectivity index (χ0v) is 12.5. The summed E-state index contributed by atoms with van der Waals surface area (Å²) >= 11 is 5.75. The molecule has 3 rings (SSSR count). The van der Waals surface area contributed by atoms with Gasteiger partial charge in [0.15, 0.2) is 5.69 Å². The van der Waals surface area contributed by atoms with Crippen LogP contribution >= 0.6 is 11.6 Å². The molecule has 23 heavy (non-hydrogen) atoms. The Morgan fingerprint density at radius 2 is 1.74 bits per heavy atom. The van der Waals surface area contributed by atoms with E-state index in [4.69, 9.17) is 11.6 Å². The number of hydrogen-bond acceptors (Lipinski definition) is 2. The molecule has 0 saturated heterocycles. The number of halogens is 4. The number of hydrogen-bond donors (Lipinski definition) is 0. The second-order valence-electron chi connectivity index (χ2n) is 4.97. The van der Waals surface area contributed by atoms with Crippen LogP contribution in [0.25, 0.3) is 5.69 Å². The Kier molecular flexibility index (Phi) is 3.89. The van der Waals surface area contributed by atoms with Crippen LogP contribution in [0.3, 0.4) is 0 Å². The van der Waals surface area contributed by atoms with Crippen LogP contribution in [0.2, 0.25) is 5.02 Å². The molecule has 0 bridgehead atoms. The fourth-order valence-corrected chi connectivity index (χ4v) is 2.50. The third-order valence-corrected chi connectivity index (χ3v) is 3.70. The minimum absolute atomic E-state index is 0.181. The lowest BCUT2D eigenvalue weighted by molar-refractivity contribution is -0.143. The van der Waals surface area contributed by atoms with Gasteiger partial charge in [-0.1, -0.05) is 23.8 Å². The predicted molar refractivity (Wildman–Crippen MR) is 78.6 cm³/mol. The average molecular weight is 342 g/mol. The lowest BCUT2D eigenvalue weighted by atomic mass is 10.2. The summed E-state index contributed by atoms with van der Waals surface area (Å²) in [5.41, 5.74) is -1.37. The minimum Gasteiger partial charge on any atom is -0.331 e. The number of amides is 1. The third-order valence-electron chi connectivity index (χ3n) is 3.44. The van der Waals surface area contributed by atoms with Gasteiger partial charge in [0.1, 0.15) is 0 Å². The molecule has 8 heteroatoms. The van der Waals surface area contributed by atoms with E-state index in [-0.39, 0.29) is 5.69 Å². The summed E-state index contributed by atoms with van der Waals surface area (Å²) in [5, 5.41) is 4.16. The van der Waals surface area contributed by atoms with Crippen molar-refractivity contribution in [2.45, 2.75) is 6.18 Å². The molecule has 0 aliphatic carbocycles. The summed E-state index contributed by atoms with van der Waals surface area (Å²) in [7, 11) is 0. The van der Waals surface area contributed by atoms with Crippen LogP contribution in [0.15, 0.2) is 42.6 Å². The second kappa shape index (κ2) is 5.73. The summed E-state index contributed by atoms with van der Waals surface area (Å²) in [6.45, 7) is 0.588. The van der Waals surface area contributed by atoms with Crippen LogP contribution in [0.4, 0.5) is 13.2 Å². The Bertz CT molecular complexity index is 757. The lowest BCUT2D eigenvalue weighted by Crippen LogP contribution is -2.30. The highest BCUT2D eigenvalue weighted by Crippen LogP contribution is 2.34. The van der Waals surface area contributed by atoms with E-state index < -0.39 is 23.3 Å². The number of carbonyl (C=O) groups excluding carboxylic acids is 1. The van der Waals surface area contributed by atoms with E-state index in [0.717, 1.165) is 6.20 Å². The Hall–Kier alpha value is -2.28. The largest absolute Gasteiger partial charge is 0.434 e. The van der Waals surface area contributed by atoms with Gasteiger partial charge in [-0.25, -0.2) is 4.68 Å². The molecule has 0 radical (unpaired) electrons. The predicted octanol–water partition coefficient (Wildman–Crippen LogP) is 3.56. The molecular weight excluding hydrogens is 331 g/mol. The molecule has 0 spiro atoms. The molecule has 120 valence electrons. The normalized spacial score (nSPS) is 14.5. The molecule has 2 aromatic rings. The van der Waals surface area contributed by atoms with Gasteiger partial charge in [-0.05, 0) is 24.3 Å². The number of rotatable bonds is 2. The smallest absolute Gasteiger partial charge is 0.331 e. The second-order valence-corrected chi connectivity index (χ2v) is 5.41. The van der Waals surface area contributed by atoms with Gasteiger partial charge in [-0.15, -0.1) is 0 Å². The van der Waals surface area contributed by atoms with Crippen LogP contribution in [-0.4, -0.2) is 33.7 Å². The van der Waals surface area contributed by atoms with Gasteiger partial charge < -0.3 is 4.90 Å². The maximum absolute atomic E-state index is 13.5. The first-order chi connectivity index (χ1) is 10.9. The highest BCUT2D eigenvalue weighted by Gasteiger charge is 2.41. The monoisotopic (exact) mass is 341 g/mol. The van der Waals surface area contributed by atoms with E-state index in [2.05, 4.69) is 5.10 Å². The molecular formula is C15H11ClF3N3O. The van der Waals surface area contributed by atoms with E-state index >= 15 is 0 Å². The highest BCUT2D eigenvalue weighted by atomic mass is 35.5. The quantitative estimate of drug-likeness (QED) is 0.783. The summed E-state index contributed by atoms with van der Waals surface area (Å²) in [5.74, 6) is -0.692. The Balaban J connectivity index is 2.08. The molecule has 0 N–H and O–H groups in total. The molecule has 1 amide bonds. The van der Waals surface area contributed by atoms with Crippen molar-refractivity contribution in [3.05, 3.63) is 58.9 Å². The number of benzene rings is 1. The van der Waals surface area contributed by atoms with Crippen LogP contribution in [-0.2, 0) is 6.18 Å². The lowest BCUT2D eigenvalue weighted by Gasteiger charge is -2.17. The SMILES string of the molecule is O=C(c1cnn(-c2ccc(Cl)cc2)c1C(F)(F)F)N1CC=CC1. The maximum Gasteiger partial charge on any atom is 0.434 e. The number of alkyl halides is 3. The van der Waals surface area contributed by atoms with Crippen molar-refractivity contribution in [2.24, 2.45) is 0 Å². The molecule has 4 nitrogen and oxygen atoms in total. The number of aromatic nitrogens is 2. The number of nitrogens with zero attached hydrogens (tertiary/aromatic N) is 3. The molecule has 1 aliphatic heterocycles. The van der Waals surface area contributed by atoms with Gasteiger partial charge in [-0.3, -0.25) is 4.79 Å². The van der Waals surface area contributed by atoms with E-state index in [1.807, 2.05) is 0 Å². The average Bonchev–Trinajstić information content (AvgIpc) is 3.16. The van der Waals surface area contributed by atoms with Gasteiger partial charge in [0, 0.05) is 18.1 Å². The Morgan fingerprint density at radius 1 is 1.13 bits per heavy atom. The fourth-order valence-electron chi connectivity index (χ4n) is 2.37. The first kappa shape index (κ1) is 15.6. The molecule has 1 aromatic carbocycles. The number of carbonyl (C=O) groups is 1. The van der Waals surface area contributed by atoms with Gasteiger partial charge in [0.25, 0.3) is 5.91 Å². The van der Waals surface area contributed by atoms with Gasteiger partial charge in [0.2, 0.25) is 0 Å². The zero-order valence-electron chi connectivity index (χ0n) is 11.7. The van der Waals surface area contributed by atoms with Crippen LogP contribution in [0, 0.1) is 0 Å². The Morgan fingerprint density at radius 3 is 2.30 bits per heavy atom. The first-order valence-corrected chi connectivity index (χ1v) is 7.11. The molecule has 0 unspecified atom stereocenters. The third kappa shape index (κ3) is 2.96. The van der Waals surface area contributed by atoms with Crippen molar-refractivity contribution in [2.75, 3.05) is 13.1 Å². The zero-order chi connectivity index (χ0) is 16.6. The van der Waals surface area contributed by atoms with Gasteiger partial charge in [0.05, 0.1) is 17.4 Å². The molecule has 0 saturated carbocycles. The fraction of sp³-hybridized carbons (Fsp3) is 0.200. The van der Waals surface area contributed by atoms with Crippen molar-refractivity contribution in [1.29, 1.82) is 0 Å². The first-order valence-electron chi connectivity index (χ1n) is 6.73. The maximum atomic E-state index is 13.5. The van der Waals surface area contributed by atoms with Crippen LogP contribution in [0.5, 0.6) is 0 Å². The molecule has 2 heterocycles. The highest BCUT2D eigenvalue weighted by molar-refractivity contribution is 6.30. The van der Waals surface area contributed by atoms with Crippen molar-refractivity contribution >= 4 is 17.5 Å². The Labute approximate surface area is 134 Å². The summed E-state index contributed by atoms with van der Waals surface area (Å²) in [6.07, 6.45) is -0.296. The summed E-state index contributed by atoms with van der Waals surface area (Å²) in [4.78, 5) is 13.6. The van der Waals surface area contributed by atoms with E-state index in [1.165, 1.54) is 29.2 Å². The van der Waals surface area contributed by atoms with Gasteiger partial charge in [-0.2, -0.15) is 18.3 Å². The van der Waals surface area contributed by atoms with E-state index in [9.17, 15) is 18.0 Å². The van der Waals surface area contributed by atoms with E-state index in [0.29, 0.717) is 22.8 Å². The van der Waals surface area contributed by atoms with Crippen LogP contribution in [0.1, 0.15) is 16.1 Å². The van der Waals surface area contributed by atoms with Crippen molar-refractivity contribution in [3.8, 4) is 5.69 Å². The molecule has 0 fully saturated rings. The molecule has 0 atom stereocenters. The minimum atomic E-state index is -4.71. The van der Waals surface area contributed by atoms with Crippen LogP contribution < -0.4 is 0 Å². The van der Waals surface area contributed by atoms with Crippen molar-refractivity contribution < 1.29 is 18.0 Å². The van der Waals surface area contributed by atoms with Gasteiger partial charge >= 0.3 is 6.18 Å².